The Morgan fingerprint density at radius 2 is 1.82 bits per heavy atom. The first-order chi connectivity index (χ1) is 10.8. The van der Waals surface area contributed by atoms with Crippen molar-refractivity contribution in [3.63, 3.8) is 0 Å². The quantitative estimate of drug-likeness (QED) is 0.781. The average molecular weight is 357 g/mol. The molecule has 22 heavy (non-hydrogen) atoms. The Morgan fingerprint density at radius 1 is 1.09 bits per heavy atom. The van der Waals surface area contributed by atoms with Gasteiger partial charge in [0, 0.05) is 10.2 Å². The lowest BCUT2D eigenvalue weighted by atomic mass is 10.2. The van der Waals surface area contributed by atoms with E-state index in [1.54, 1.807) is 12.4 Å². The summed E-state index contributed by atoms with van der Waals surface area (Å²) >= 11 is 3.37. The van der Waals surface area contributed by atoms with Crippen molar-refractivity contribution in [2.75, 3.05) is 0 Å². The van der Waals surface area contributed by atoms with Gasteiger partial charge in [-0.3, -0.25) is 9.36 Å². The Labute approximate surface area is 136 Å². The van der Waals surface area contributed by atoms with Gasteiger partial charge >= 0.3 is 0 Å². The third-order valence-corrected chi connectivity index (χ3v) is 3.87. The molecule has 0 aliphatic heterocycles. The van der Waals surface area contributed by atoms with E-state index >= 15 is 0 Å². The number of rotatable bonds is 4. The lowest BCUT2D eigenvalue weighted by Gasteiger charge is -2.08. The van der Waals surface area contributed by atoms with E-state index in [2.05, 4.69) is 31.4 Å². The number of carbonyl (C=O) groups is 1. The van der Waals surface area contributed by atoms with Crippen LogP contribution in [0.15, 0.2) is 65.4 Å². The molecule has 0 saturated carbocycles. The lowest BCUT2D eigenvalue weighted by Crippen LogP contribution is -2.24. The van der Waals surface area contributed by atoms with Crippen molar-refractivity contribution in [3.8, 4) is 5.69 Å². The number of nitrogens with one attached hydrogen (secondary N) is 1. The van der Waals surface area contributed by atoms with Crippen molar-refractivity contribution in [3.05, 3.63) is 76.8 Å². The van der Waals surface area contributed by atoms with E-state index in [0.717, 1.165) is 10.2 Å². The van der Waals surface area contributed by atoms with Crippen LogP contribution in [0.2, 0.25) is 0 Å². The molecule has 0 fully saturated rings. The van der Waals surface area contributed by atoms with E-state index in [0.29, 0.717) is 17.9 Å². The molecule has 3 rings (SSSR count). The van der Waals surface area contributed by atoms with Crippen molar-refractivity contribution >= 4 is 21.8 Å². The molecule has 110 valence electrons. The Kier molecular flexibility index (Phi) is 4.29. The van der Waals surface area contributed by atoms with Gasteiger partial charge in [-0.15, -0.1) is 10.2 Å². The minimum atomic E-state index is -0.157. The topological polar surface area (TPSA) is 59.8 Å². The van der Waals surface area contributed by atoms with Crippen LogP contribution in [0.1, 0.15) is 16.2 Å². The highest BCUT2D eigenvalue weighted by Crippen LogP contribution is 2.16. The van der Waals surface area contributed by atoms with Crippen LogP contribution >= 0.6 is 15.9 Å². The third-order valence-electron chi connectivity index (χ3n) is 3.18. The molecule has 1 heterocycles. The first-order valence-electron chi connectivity index (χ1n) is 6.73. The highest BCUT2D eigenvalue weighted by molar-refractivity contribution is 9.10. The molecule has 0 saturated heterocycles. The van der Waals surface area contributed by atoms with Gasteiger partial charge in [0.15, 0.2) is 5.82 Å². The molecule has 0 spiro atoms. The predicted octanol–water partition coefficient (Wildman–Crippen LogP) is 2.96. The first kappa shape index (κ1) is 14.5. The van der Waals surface area contributed by atoms with E-state index < -0.39 is 0 Å². The van der Waals surface area contributed by atoms with E-state index in [-0.39, 0.29) is 5.91 Å². The fourth-order valence-electron chi connectivity index (χ4n) is 2.08. The maximum atomic E-state index is 12.2. The van der Waals surface area contributed by atoms with Gasteiger partial charge in [-0.1, -0.05) is 30.3 Å². The number of benzene rings is 2. The van der Waals surface area contributed by atoms with Gasteiger partial charge in [-0.25, -0.2) is 0 Å². The van der Waals surface area contributed by atoms with E-state index in [4.69, 9.17) is 0 Å². The summed E-state index contributed by atoms with van der Waals surface area (Å²) < 4.78 is 2.61. The maximum Gasteiger partial charge on any atom is 0.252 e. The van der Waals surface area contributed by atoms with Gasteiger partial charge in [-0.05, 0) is 40.2 Å². The number of hydrogen-bond acceptors (Lipinski definition) is 3. The minimum absolute atomic E-state index is 0.157. The summed E-state index contributed by atoms with van der Waals surface area (Å²) in [5, 5.41) is 10.8. The maximum absolute atomic E-state index is 12.2. The normalized spacial score (nSPS) is 10.4. The number of amides is 1. The van der Waals surface area contributed by atoms with E-state index in [1.165, 1.54) is 0 Å². The number of carbonyl (C=O) groups excluding carboxylic acids is 1. The number of nitrogens with zero attached hydrogens (tertiary/aromatic N) is 3. The van der Waals surface area contributed by atoms with Crippen molar-refractivity contribution in [1.29, 1.82) is 0 Å². The molecule has 1 N–H and O–H groups in total. The van der Waals surface area contributed by atoms with Crippen LogP contribution < -0.4 is 5.32 Å². The van der Waals surface area contributed by atoms with Gasteiger partial charge in [0.2, 0.25) is 0 Å². The standard InChI is InChI=1S/C16H13BrN4O/c17-14-9-5-4-8-13(14)16(22)18-10-15-20-19-11-21(15)12-6-2-1-3-7-12/h1-9,11H,10H2,(H,18,22). The van der Waals surface area contributed by atoms with Crippen molar-refractivity contribution in [2.45, 2.75) is 6.54 Å². The molecule has 2 aromatic carbocycles. The molecule has 0 bridgehead atoms. The van der Waals surface area contributed by atoms with Gasteiger partial charge in [0.05, 0.1) is 12.1 Å². The summed E-state index contributed by atoms with van der Waals surface area (Å²) in [6.07, 6.45) is 1.63. The zero-order valence-electron chi connectivity index (χ0n) is 11.6. The van der Waals surface area contributed by atoms with Gasteiger partial charge in [-0.2, -0.15) is 0 Å². The number of halogens is 1. The van der Waals surface area contributed by atoms with Gasteiger partial charge in [0.1, 0.15) is 6.33 Å². The molecule has 0 aliphatic carbocycles. The third kappa shape index (κ3) is 3.07. The molecular weight excluding hydrogens is 344 g/mol. The zero-order chi connectivity index (χ0) is 15.4. The largest absolute Gasteiger partial charge is 0.345 e. The molecule has 1 aromatic heterocycles. The van der Waals surface area contributed by atoms with Crippen LogP contribution in [0.25, 0.3) is 5.69 Å². The van der Waals surface area contributed by atoms with Crippen LogP contribution in [0, 0.1) is 0 Å². The Balaban J connectivity index is 1.75. The molecule has 6 heteroatoms. The summed E-state index contributed by atoms with van der Waals surface area (Å²) in [5.74, 6) is 0.515. The van der Waals surface area contributed by atoms with E-state index in [1.807, 2.05) is 53.1 Å². The molecule has 0 atom stereocenters. The fraction of sp³-hybridized carbons (Fsp3) is 0.0625. The smallest absolute Gasteiger partial charge is 0.252 e. The van der Waals surface area contributed by atoms with Gasteiger partial charge < -0.3 is 5.32 Å². The Hall–Kier alpha value is -2.47. The van der Waals surface area contributed by atoms with Crippen molar-refractivity contribution in [1.82, 2.24) is 20.1 Å². The minimum Gasteiger partial charge on any atom is -0.345 e. The monoisotopic (exact) mass is 356 g/mol. The highest BCUT2D eigenvalue weighted by atomic mass is 79.9. The van der Waals surface area contributed by atoms with Crippen LogP contribution in [0.5, 0.6) is 0 Å². The zero-order valence-corrected chi connectivity index (χ0v) is 13.2. The predicted molar refractivity (Wildman–Crippen MR) is 86.7 cm³/mol. The summed E-state index contributed by atoms with van der Waals surface area (Å²) in [7, 11) is 0. The summed E-state index contributed by atoms with van der Waals surface area (Å²) in [6, 6.07) is 17.0. The molecule has 1 amide bonds. The van der Waals surface area contributed by atoms with Gasteiger partial charge in [0.25, 0.3) is 5.91 Å². The molecule has 0 unspecified atom stereocenters. The van der Waals surface area contributed by atoms with Crippen molar-refractivity contribution in [2.24, 2.45) is 0 Å². The Bertz CT molecular complexity index is 786. The highest BCUT2D eigenvalue weighted by Gasteiger charge is 2.11. The second kappa shape index (κ2) is 6.53. The molecule has 0 aliphatic rings. The SMILES string of the molecule is O=C(NCc1nncn1-c1ccccc1)c1ccccc1Br. The molecular formula is C16H13BrN4O. The van der Waals surface area contributed by atoms with Crippen LogP contribution in [-0.4, -0.2) is 20.7 Å². The molecule has 0 radical (unpaired) electrons. The Morgan fingerprint density at radius 3 is 2.59 bits per heavy atom. The summed E-state index contributed by atoms with van der Waals surface area (Å²) in [5.41, 5.74) is 1.55. The first-order valence-corrected chi connectivity index (χ1v) is 7.52. The number of para-hydroxylation sites is 1. The summed E-state index contributed by atoms with van der Waals surface area (Å²) in [6.45, 7) is 0.301. The average Bonchev–Trinajstić information content (AvgIpc) is 3.02. The van der Waals surface area contributed by atoms with Crippen LogP contribution in [0.3, 0.4) is 0 Å². The second-order valence-corrected chi connectivity index (χ2v) is 5.47. The molecule has 3 aromatic rings. The van der Waals surface area contributed by atoms with Crippen molar-refractivity contribution < 1.29 is 4.79 Å². The fourth-order valence-corrected chi connectivity index (χ4v) is 2.55. The second-order valence-electron chi connectivity index (χ2n) is 4.62. The van der Waals surface area contributed by atoms with E-state index in [9.17, 15) is 4.79 Å². The lowest BCUT2D eigenvalue weighted by molar-refractivity contribution is 0.0949. The number of aromatic nitrogens is 3. The summed E-state index contributed by atoms with van der Waals surface area (Å²) in [4.78, 5) is 12.2. The molecule has 5 nitrogen and oxygen atoms in total. The number of hydrogen-bond donors (Lipinski definition) is 1. The van der Waals surface area contributed by atoms with Crippen LogP contribution in [-0.2, 0) is 6.54 Å². The van der Waals surface area contributed by atoms with Crippen LogP contribution in [0.4, 0.5) is 0 Å².